The summed E-state index contributed by atoms with van der Waals surface area (Å²) >= 11 is 0. The Labute approximate surface area is 171 Å². The molecule has 0 heterocycles. The molecule has 0 spiro atoms. The van der Waals surface area contributed by atoms with Gasteiger partial charge in [0.15, 0.2) is 0 Å². The molecule has 7 heteroatoms. The van der Waals surface area contributed by atoms with Gasteiger partial charge >= 0.3 is 0 Å². The van der Waals surface area contributed by atoms with Crippen LogP contribution in [0.25, 0.3) is 0 Å². The van der Waals surface area contributed by atoms with Crippen LogP contribution in [0.5, 0.6) is 0 Å². The molecule has 0 unspecified atom stereocenters. The van der Waals surface area contributed by atoms with E-state index in [2.05, 4.69) is 28.2 Å². The lowest BCUT2D eigenvalue weighted by Crippen LogP contribution is -2.22. The summed E-state index contributed by atoms with van der Waals surface area (Å²) in [4.78, 5) is 35.8. The number of nitrogens with one attached hydrogen (secondary N) is 4. The summed E-state index contributed by atoms with van der Waals surface area (Å²) in [6, 6.07) is 14.0. The Morgan fingerprint density at radius 3 is 2.21 bits per heavy atom. The normalized spacial score (nSPS) is 10.1. The van der Waals surface area contributed by atoms with Gasteiger partial charge in [0.1, 0.15) is 0 Å². The molecule has 4 N–H and O–H groups in total. The molecule has 29 heavy (non-hydrogen) atoms. The summed E-state index contributed by atoms with van der Waals surface area (Å²) in [5.41, 5.74) is 2.44. The topological polar surface area (TPSA) is 99.3 Å². The van der Waals surface area contributed by atoms with Gasteiger partial charge in [-0.15, -0.1) is 0 Å². The third kappa shape index (κ3) is 7.65. The number of amides is 3. The number of anilines is 3. The highest BCUT2D eigenvalue weighted by Crippen LogP contribution is 2.16. The van der Waals surface area contributed by atoms with Crippen molar-refractivity contribution < 1.29 is 14.4 Å². The maximum Gasteiger partial charge on any atom is 0.251 e. The zero-order valence-corrected chi connectivity index (χ0v) is 16.9. The molecule has 0 aliphatic heterocycles. The quantitative estimate of drug-likeness (QED) is 0.461. The standard InChI is InChI=1S/C22H28N4O3/c1-3-4-5-12-20(27)25-19-11-7-9-17(14-19)24-15-21(28)26-18-10-6-8-16(13-18)22(29)23-2/h6-11,13-14,24H,3-5,12,15H2,1-2H3,(H,23,29)(H,25,27)(H,26,28). The van der Waals surface area contributed by atoms with Crippen molar-refractivity contribution in [2.45, 2.75) is 32.6 Å². The van der Waals surface area contributed by atoms with Crippen LogP contribution >= 0.6 is 0 Å². The SMILES string of the molecule is CCCCCC(=O)Nc1cccc(NCC(=O)Nc2cccc(C(=O)NC)c2)c1. The first-order chi connectivity index (χ1) is 14.0. The first kappa shape index (κ1) is 21.9. The zero-order chi connectivity index (χ0) is 21.1. The number of unbranched alkanes of at least 4 members (excludes halogenated alkanes) is 2. The van der Waals surface area contributed by atoms with E-state index in [1.165, 1.54) is 0 Å². The number of hydrogen-bond acceptors (Lipinski definition) is 4. The van der Waals surface area contributed by atoms with Crippen molar-refractivity contribution >= 4 is 34.8 Å². The van der Waals surface area contributed by atoms with E-state index < -0.39 is 0 Å². The molecule has 2 aromatic carbocycles. The van der Waals surface area contributed by atoms with Crippen LogP contribution in [0.1, 0.15) is 43.0 Å². The number of carbonyl (C=O) groups is 3. The van der Waals surface area contributed by atoms with Gasteiger partial charge in [0, 0.05) is 36.1 Å². The Bertz CT molecular complexity index is 851. The van der Waals surface area contributed by atoms with E-state index in [1.54, 1.807) is 37.4 Å². The highest BCUT2D eigenvalue weighted by atomic mass is 16.2. The second kappa shape index (κ2) is 11.5. The van der Waals surface area contributed by atoms with Crippen LogP contribution in [0.2, 0.25) is 0 Å². The summed E-state index contributed by atoms with van der Waals surface area (Å²) in [7, 11) is 1.55. The minimum atomic E-state index is -0.243. The van der Waals surface area contributed by atoms with Crippen LogP contribution in [0.3, 0.4) is 0 Å². The fraction of sp³-hybridized carbons (Fsp3) is 0.318. The molecule has 0 aliphatic rings. The highest BCUT2D eigenvalue weighted by molar-refractivity contribution is 5.98. The number of benzene rings is 2. The second-order valence-corrected chi connectivity index (χ2v) is 6.65. The van der Waals surface area contributed by atoms with Crippen molar-refractivity contribution in [3.63, 3.8) is 0 Å². The molecule has 0 fully saturated rings. The molecule has 154 valence electrons. The Kier molecular flexibility index (Phi) is 8.69. The van der Waals surface area contributed by atoms with E-state index in [1.807, 2.05) is 18.2 Å². The maximum absolute atomic E-state index is 12.2. The van der Waals surface area contributed by atoms with E-state index in [0.29, 0.717) is 23.4 Å². The first-order valence-electron chi connectivity index (χ1n) is 9.77. The Morgan fingerprint density at radius 1 is 0.828 bits per heavy atom. The van der Waals surface area contributed by atoms with E-state index in [-0.39, 0.29) is 24.3 Å². The maximum atomic E-state index is 12.2. The lowest BCUT2D eigenvalue weighted by atomic mass is 10.2. The smallest absolute Gasteiger partial charge is 0.251 e. The molecule has 0 atom stereocenters. The number of hydrogen-bond donors (Lipinski definition) is 4. The first-order valence-corrected chi connectivity index (χ1v) is 9.77. The second-order valence-electron chi connectivity index (χ2n) is 6.65. The number of carbonyl (C=O) groups excluding carboxylic acids is 3. The Morgan fingerprint density at radius 2 is 1.48 bits per heavy atom. The van der Waals surface area contributed by atoms with Crippen LogP contribution in [-0.2, 0) is 9.59 Å². The van der Waals surface area contributed by atoms with E-state index in [0.717, 1.165) is 24.9 Å². The van der Waals surface area contributed by atoms with Crippen molar-refractivity contribution in [1.29, 1.82) is 0 Å². The molecule has 2 aromatic rings. The summed E-state index contributed by atoms with van der Waals surface area (Å²) in [6.07, 6.45) is 3.49. The average molecular weight is 396 g/mol. The summed E-state index contributed by atoms with van der Waals surface area (Å²) in [6.45, 7) is 2.15. The van der Waals surface area contributed by atoms with Crippen molar-refractivity contribution in [3.05, 3.63) is 54.1 Å². The summed E-state index contributed by atoms with van der Waals surface area (Å²) < 4.78 is 0. The molecule has 0 radical (unpaired) electrons. The van der Waals surface area contributed by atoms with Crippen molar-refractivity contribution in [2.24, 2.45) is 0 Å². The summed E-state index contributed by atoms with van der Waals surface area (Å²) in [5.74, 6) is -0.467. The third-order valence-electron chi connectivity index (χ3n) is 4.24. The monoisotopic (exact) mass is 396 g/mol. The van der Waals surface area contributed by atoms with E-state index in [4.69, 9.17) is 0 Å². The lowest BCUT2D eigenvalue weighted by Gasteiger charge is -2.11. The lowest BCUT2D eigenvalue weighted by molar-refractivity contribution is -0.116. The molecular formula is C22H28N4O3. The Hall–Kier alpha value is -3.35. The zero-order valence-electron chi connectivity index (χ0n) is 16.9. The van der Waals surface area contributed by atoms with Crippen molar-refractivity contribution in [3.8, 4) is 0 Å². The van der Waals surface area contributed by atoms with Crippen LogP contribution in [-0.4, -0.2) is 31.3 Å². The van der Waals surface area contributed by atoms with Crippen LogP contribution in [0, 0.1) is 0 Å². The molecule has 0 aliphatic carbocycles. The fourth-order valence-electron chi connectivity index (χ4n) is 2.74. The molecule has 2 rings (SSSR count). The van der Waals surface area contributed by atoms with Crippen LogP contribution in [0.4, 0.5) is 17.1 Å². The largest absolute Gasteiger partial charge is 0.376 e. The van der Waals surface area contributed by atoms with Crippen molar-refractivity contribution in [2.75, 3.05) is 29.5 Å². The molecule has 0 aromatic heterocycles. The van der Waals surface area contributed by atoms with Crippen molar-refractivity contribution in [1.82, 2.24) is 5.32 Å². The van der Waals surface area contributed by atoms with E-state index in [9.17, 15) is 14.4 Å². The third-order valence-corrected chi connectivity index (χ3v) is 4.24. The molecule has 3 amide bonds. The number of rotatable bonds is 10. The molecule has 0 bridgehead atoms. The molecule has 0 saturated heterocycles. The summed E-state index contributed by atoms with van der Waals surface area (Å²) in [5, 5.41) is 11.2. The highest BCUT2D eigenvalue weighted by Gasteiger charge is 2.07. The fourth-order valence-corrected chi connectivity index (χ4v) is 2.74. The van der Waals surface area contributed by atoms with Crippen LogP contribution < -0.4 is 21.3 Å². The van der Waals surface area contributed by atoms with Gasteiger partial charge in [-0.25, -0.2) is 0 Å². The van der Waals surface area contributed by atoms with Gasteiger partial charge in [0.25, 0.3) is 5.91 Å². The van der Waals surface area contributed by atoms with Crippen LogP contribution in [0.15, 0.2) is 48.5 Å². The van der Waals surface area contributed by atoms with Gasteiger partial charge in [-0.05, 0) is 42.8 Å². The van der Waals surface area contributed by atoms with Gasteiger partial charge in [0.2, 0.25) is 11.8 Å². The van der Waals surface area contributed by atoms with Gasteiger partial charge in [-0.2, -0.15) is 0 Å². The molecule has 7 nitrogen and oxygen atoms in total. The molecular weight excluding hydrogens is 368 g/mol. The minimum Gasteiger partial charge on any atom is -0.376 e. The minimum absolute atomic E-state index is 0.00987. The molecule has 0 saturated carbocycles. The predicted octanol–water partition coefficient (Wildman–Crippen LogP) is 3.62. The van der Waals surface area contributed by atoms with E-state index >= 15 is 0 Å². The van der Waals surface area contributed by atoms with Gasteiger partial charge < -0.3 is 21.3 Å². The van der Waals surface area contributed by atoms with Gasteiger partial charge in [-0.3, -0.25) is 14.4 Å². The van der Waals surface area contributed by atoms with Gasteiger partial charge in [-0.1, -0.05) is 31.9 Å². The van der Waals surface area contributed by atoms with Gasteiger partial charge in [0.05, 0.1) is 6.54 Å². The predicted molar refractivity (Wildman–Crippen MR) is 116 cm³/mol. The average Bonchev–Trinajstić information content (AvgIpc) is 2.72. The Balaban J connectivity index is 1.86.